The number of unbranched alkanes of at least 4 members (excludes halogenated alkanes) is 1. The molecule has 0 saturated heterocycles. The molecule has 2 rings (SSSR count). The van der Waals surface area contributed by atoms with Crippen molar-refractivity contribution < 1.29 is 28.7 Å². The normalized spacial score (nSPS) is 9.89. The van der Waals surface area contributed by atoms with E-state index in [4.69, 9.17) is 9.47 Å². The van der Waals surface area contributed by atoms with Gasteiger partial charge in [-0.15, -0.1) is 0 Å². The van der Waals surface area contributed by atoms with Gasteiger partial charge in [-0.25, -0.2) is 0 Å². The molecule has 2 aromatic rings. The third-order valence-electron chi connectivity index (χ3n) is 4.67. The molecule has 2 aromatic carbocycles. The lowest BCUT2D eigenvalue weighted by Crippen LogP contribution is -2.42. The Bertz CT molecular complexity index is 1000. The molecule has 0 fully saturated rings. The predicted octanol–water partition coefficient (Wildman–Crippen LogP) is 2.60. The van der Waals surface area contributed by atoms with Crippen molar-refractivity contribution in [3.05, 3.63) is 85.0 Å². The van der Waals surface area contributed by atoms with Gasteiger partial charge in [0.2, 0.25) is 11.8 Å². The van der Waals surface area contributed by atoms with Gasteiger partial charge in [0, 0.05) is 12.8 Å². The zero-order valence-corrected chi connectivity index (χ0v) is 19.9. The van der Waals surface area contributed by atoms with Crippen molar-refractivity contribution in [2.24, 2.45) is 0 Å². The summed E-state index contributed by atoms with van der Waals surface area (Å²) < 4.78 is 10.9. The number of hydrogen-bond acceptors (Lipinski definition) is 6. The maximum Gasteiger partial charge on any atom is 0.273 e. The molecule has 0 atom stereocenters. The van der Waals surface area contributed by atoms with Gasteiger partial charge < -0.3 is 9.47 Å². The quantitative estimate of drug-likeness (QED) is 0.192. The van der Waals surface area contributed by atoms with Gasteiger partial charge in [0.1, 0.15) is 24.7 Å². The van der Waals surface area contributed by atoms with E-state index in [1.165, 1.54) is 0 Å². The molecule has 0 spiro atoms. The number of ether oxygens (including phenoxy) is 2. The molecule has 0 heterocycles. The lowest BCUT2D eigenvalue weighted by atomic mass is 10.2. The molecule has 0 radical (unpaired) electrons. The van der Waals surface area contributed by atoms with Crippen LogP contribution in [0.4, 0.5) is 0 Å². The number of nitrogens with one attached hydrogen (secondary N) is 4. The Morgan fingerprint density at radius 3 is 1.42 bits per heavy atom. The van der Waals surface area contributed by atoms with E-state index in [9.17, 15) is 19.2 Å². The van der Waals surface area contributed by atoms with Crippen LogP contribution in [0.1, 0.15) is 46.4 Å². The van der Waals surface area contributed by atoms with Gasteiger partial charge in [-0.1, -0.05) is 49.6 Å². The van der Waals surface area contributed by atoms with Crippen LogP contribution in [0.15, 0.2) is 73.8 Å². The van der Waals surface area contributed by atoms with Crippen LogP contribution in [0, 0.1) is 0 Å². The molecule has 0 aliphatic rings. The van der Waals surface area contributed by atoms with Gasteiger partial charge in [-0.3, -0.25) is 40.9 Å². The lowest BCUT2D eigenvalue weighted by Gasteiger charge is -2.12. The lowest BCUT2D eigenvalue weighted by molar-refractivity contribution is -0.123. The van der Waals surface area contributed by atoms with E-state index in [1.807, 2.05) is 0 Å². The fourth-order valence-electron chi connectivity index (χ4n) is 2.94. The van der Waals surface area contributed by atoms with Crippen molar-refractivity contribution in [2.75, 3.05) is 13.2 Å². The van der Waals surface area contributed by atoms with Gasteiger partial charge in [0.05, 0.1) is 11.1 Å². The molecule has 10 nitrogen and oxygen atoms in total. The zero-order chi connectivity index (χ0) is 26.2. The molecule has 0 aliphatic carbocycles. The summed E-state index contributed by atoms with van der Waals surface area (Å²) in [7, 11) is 0. The molecule has 4 N–H and O–H groups in total. The van der Waals surface area contributed by atoms with Crippen LogP contribution in [0.5, 0.6) is 11.5 Å². The Hall–Kier alpha value is -4.60. The monoisotopic (exact) mass is 494 g/mol. The Kier molecular flexibility index (Phi) is 11.8. The van der Waals surface area contributed by atoms with E-state index >= 15 is 0 Å². The smallest absolute Gasteiger partial charge is 0.273 e. The average molecular weight is 495 g/mol. The van der Waals surface area contributed by atoms with Crippen LogP contribution in [0.3, 0.4) is 0 Å². The second kappa shape index (κ2) is 15.3. The highest BCUT2D eigenvalue weighted by Crippen LogP contribution is 2.18. The number of benzene rings is 2. The highest BCUT2D eigenvalue weighted by Gasteiger charge is 2.14. The Morgan fingerprint density at radius 1 is 0.639 bits per heavy atom. The van der Waals surface area contributed by atoms with Crippen LogP contribution in [-0.4, -0.2) is 36.8 Å². The van der Waals surface area contributed by atoms with Crippen LogP contribution < -0.4 is 31.2 Å². The van der Waals surface area contributed by atoms with E-state index in [1.54, 1.807) is 60.7 Å². The number of hydrogen-bond donors (Lipinski definition) is 4. The van der Waals surface area contributed by atoms with E-state index in [-0.39, 0.29) is 37.2 Å². The SMILES string of the molecule is C=CCOc1ccccc1C(=O)NNC(=O)CCCCC(=O)NNC(=O)c1ccccc1OCC=C. The molecule has 0 bridgehead atoms. The third kappa shape index (κ3) is 9.34. The number of hydrazine groups is 2. The van der Waals surface area contributed by atoms with Gasteiger partial charge in [0.15, 0.2) is 0 Å². The van der Waals surface area contributed by atoms with Crippen molar-refractivity contribution in [3.8, 4) is 11.5 Å². The van der Waals surface area contributed by atoms with Crippen LogP contribution in [0.25, 0.3) is 0 Å². The number of carbonyl (C=O) groups excluding carboxylic acids is 4. The van der Waals surface area contributed by atoms with E-state index in [2.05, 4.69) is 34.9 Å². The first-order chi connectivity index (χ1) is 17.5. The average Bonchev–Trinajstić information content (AvgIpc) is 2.90. The van der Waals surface area contributed by atoms with Crippen LogP contribution >= 0.6 is 0 Å². The first-order valence-electron chi connectivity index (χ1n) is 11.3. The summed E-state index contributed by atoms with van der Waals surface area (Å²) in [6, 6.07) is 13.3. The fourth-order valence-corrected chi connectivity index (χ4v) is 2.94. The third-order valence-corrected chi connectivity index (χ3v) is 4.67. The molecule has 190 valence electrons. The minimum absolute atomic E-state index is 0.0997. The van der Waals surface area contributed by atoms with Gasteiger partial charge in [-0.05, 0) is 37.1 Å². The van der Waals surface area contributed by atoms with Gasteiger partial charge >= 0.3 is 0 Å². The van der Waals surface area contributed by atoms with Crippen molar-refractivity contribution in [2.45, 2.75) is 25.7 Å². The Labute approximate surface area is 209 Å². The van der Waals surface area contributed by atoms with Crippen molar-refractivity contribution in [1.29, 1.82) is 0 Å². The number of carbonyl (C=O) groups is 4. The number of amides is 4. The molecule has 0 unspecified atom stereocenters. The molecule has 36 heavy (non-hydrogen) atoms. The first kappa shape index (κ1) is 27.6. The maximum atomic E-state index is 12.3. The van der Waals surface area contributed by atoms with Crippen molar-refractivity contribution in [1.82, 2.24) is 21.7 Å². The number of rotatable bonds is 13. The fraction of sp³-hybridized carbons (Fsp3) is 0.231. The van der Waals surface area contributed by atoms with Crippen LogP contribution in [0.2, 0.25) is 0 Å². The van der Waals surface area contributed by atoms with Gasteiger partial charge in [0.25, 0.3) is 11.8 Å². The van der Waals surface area contributed by atoms with Crippen molar-refractivity contribution in [3.63, 3.8) is 0 Å². The molecule has 0 saturated carbocycles. The largest absolute Gasteiger partial charge is 0.489 e. The summed E-state index contributed by atoms with van der Waals surface area (Å²) in [6.07, 6.45) is 4.13. The molecule has 4 amide bonds. The molecule has 10 heteroatoms. The topological polar surface area (TPSA) is 135 Å². The summed E-state index contributed by atoms with van der Waals surface area (Å²) in [5, 5.41) is 0. The first-order valence-corrected chi connectivity index (χ1v) is 11.3. The molecular formula is C26H30N4O6. The zero-order valence-electron chi connectivity index (χ0n) is 19.9. The highest BCUT2D eigenvalue weighted by atomic mass is 16.5. The summed E-state index contributed by atoms with van der Waals surface area (Å²) in [5.41, 5.74) is 9.91. The van der Waals surface area contributed by atoms with Crippen molar-refractivity contribution >= 4 is 23.6 Å². The Morgan fingerprint density at radius 2 is 1.03 bits per heavy atom. The van der Waals surface area contributed by atoms with Crippen LogP contribution in [-0.2, 0) is 9.59 Å². The highest BCUT2D eigenvalue weighted by molar-refractivity contribution is 5.98. The maximum absolute atomic E-state index is 12.3. The Balaban J connectivity index is 1.66. The summed E-state index contributed by atoms with van der Waals surface area (Å²) in [5.74, 6) is -1.11. The predicted molar refractivity (Wildman–Crippen MR) is 134 cm³/mol. The summed E-state index contributed by atoms with van der Waals surface area (Å²) >= 11 is 0. The van der Waals surface area contributed by atoms with E-state index < -0.39 is 23.6 Å². The van der Waals surface area contributed by atoms with Gasteiger partial charge in [-0.2, -0.15) is 0 Å². The summed E-state index contributed by atoms with van der Waals surface area (Å²) in [4.78, 5) is 48.7. The van der Waals surface area contributed by atoms with E-state index in [0.29, 0.717) is 24.3 Å². The minimum Gasteiger partial charge on any atom is -0.489 e. The minimum atomic E-state index is -0.519. The second-order valence-electron chi connectivity index (χ2n) is 7.40. The number of para-hydroxylation sites is 2. The second-order valence-corrected chi connectivity index (χ2v) is 7.40. The molecule has 0 aliphatic heterocycles. The molecule has 0 aromatic heterocycles. The standard InChI is InChI=1S/C26H30N4O6/c1-3-17-35-21-13-7-5-11-19(21)25(33)29-27-23(31)15-9-10-16-24(32)28-30-26(34)20-12-6-8-14-22(20)36-18-4-2/h3-8,11-14H,1-2,9-10,15-18H2,(H,27,31)(H,28,32)(H,29,33)(H,30,34). The van der Waals surface area contributed by atoms with E-state index in [0.717, 1.165) is 0 Å². The summed E-state index contributed by atoms with van der Waals surface area (Å²) in [6.45, 7) is 7.61. The molecular weight excluding hydrogens is 464 g/mol.